The van der Waals surface area contributed by atoms with Crippen molar-refractivity contribution in [1.29, 1.82) is 0 Å². The Morgan fingerprint density at radius 2 is 2.15 bits per heavy atom. The van der Waals surface area contributed by atoms with Crippen molar-refractivity contribution >= 4 is 55.0 Å². The molecule has 102 valence electrons. The molecule has 0 fully saturated rings. The highest BCUT2D eigenvalue weighted by Crippen LogP contribution is 2.31. The maximum Gasteiger partial charge on any atom is 0.188 e. The van der Waals surface area contributed by atoms with Gasteiger partial charge in [-0.3, -0.25) is 0 Å². The number of hydrogen-bond donors (Lipinski definition) is 1. The van der Waals surface area contributed by atoms with Gasteiger partial charge in [0, 0.05) is 9.26 Å². The predicted octanol–water partition coefficient (Wildman–Crippen LogP) is 5.04. The van der Waals surface area contributed by atoms with Gasteiger partial charge in [0.2, 0.25) is 0 Å². The minimum Gasteiger partial charge on any atom is -0.494 e. The zero-order valence-corrected chi connectivity index (χ0v) is 13.9. The third kappa shape index (κ3) is 3.04. The average Bonchev–Trinajstić information content (AvgIpc) is 2.80. The number of anilines is 2. The molecule has 1 aromatic heterocycles. The van der Waals surface area contributed by atoms with Gasteiger partial charge in [0.15, 0.2) is 5.13 Å². The highest BCUT2D eigenvalue weighted by molar-refractivity contribution is 14.1. The highest BCUT2D eigenvalue weighted by atomic mass is 127. The summed E-state index contributed by atoms with van der Waals surface area (Å²) in [6.45, 7) is 2.67. The Morgan fingerprint density at radius 3 is 2.95 bits per heavy atom. The van der Waals surface area contributed by atoms with Crippen molar-refractivity contribution in [2.45, 2.75) is 6.92 Å². The smallest absolute Gasteiger partial charge is 0.188 e. The first kappa shape index (κ1) is 13.6. The Bertz CT molecular complexity index is 742. The maximum absolute atomic E-state index is 5.51. The van der Waals surface area contributed by atoms with Gasteiger partial charge in [-0.05, 0) is 65.9 Å². The second kappa shape index (κ2) is 5.97. The summed E-state index contributed by atoms with van der Waals surface area (Å²) in [4.78, 5) is 4.59. The number of halogens is 1. The SMILES string of the molecule is CCOc1ccc2nc(Nc3cccc(I)c3)sc2c1. The molecule has 0 amide bonds. The van der Waals surface area contributed by atoms with Gasteiger partial charge in [-0.1, -0.05) is 17.4 Å². The predicted molar refractivity (Wildman–Crippen MR) is 93.2 cm³/mol. The first-order chi connectivity index (χ1) is 9.74. The van der Waals surface area contributed by atoms with Crippen LogP contribution < -0.4 is 10.1 Å². The normalized spacial score (nSPS) is 10.7. The van der Waals surface area contributed by atoms with E-state index in [1.54, 1.807) is 11.3 Å². The van der Waals surface area contributed by atoms with E-state index in [2.05, 4.69) is 45.0 Å². The zero-order valence-electron chi connectivity index (χ0n) is 10.9. The second-order valence-corrected chi connectivity index (χ2v) is 6.49. The van der Waals surface area contributed by atoms with Gasteiger partial charge in [-0.2, -0.15) is 0 Å². The molecule has 2 aromatic carbocycles. The second-order valence-electron chi connectivity index (χ2n) is 4.22. The lowest BCUT2D eigenvalue weighted by Crippen LogP contribution is -1.90. The van der Waals surface area contributed by atoms with Crippen molar-refractivity contribution in [3.05, 3.63) is 46.0 Å². The van der Waals surface area contributed by atoms with Gasteiger partial charge in [-0.25, -0.2) is 4.98 Å². The minimum atomic E-state index is 0.678. The van der Waals surface area contributed by atoms with E-state index in [-0.39, 0.29) is 0 Å². The first-order valence-electron chi connectivity index (χ1n) is 6.30. The molecule has 20 heavy (non-hydrogen) atoms. The van der Waals surface area contributed by atoms with E-state index >= 15 is 0 Å². The third-order valence-electron chi connectivity index (χ3n) is 2.75. The Labute approximate surface area is 135 Å². The van der Waals surface area contributed by atoms with E-state index in [4.69, 9.17) is 4.74 Å². The summed E-state index contributed by atoms with van der Waals surface area (Å²) in [7, 11) is 0. The fourth-order valence-corrected chi connectivity index (χ4v) is 3.36. The lowest BCUT2D eigenvalue weighted by atomic mass is 10.3. The first-order valence-corrected chi connectivity index (χ1v) is 8.20. The molecule has 0 aliphatic heterocycles. The summed E-state index contributed by atoms with van der Waals surface area (Å²) in [5.41, 5.74) is 2.05. The summed E-state index contributed by atoms with van der Waals surface area (Å²) >= 11 is 3.94. The summed E-state index contributed by atoms with van der Waals surface area (Å²) in [5, 5.41) is 4.25. The molecule has 0 aliphatic rings. The van der Waals surface area contributed by atoms with Gasteiger partial charge in [0.1, 0.15) is 5.75 Å². The monoisotopic (exact) mass is 396 g/mol. The van der Waals surface area contributed by atoms with Crippen molar-refractivity contribution < 1.29 is 4.74 Å². The van der Waals surface area contributed by atoms with Crippen molar-refractivity contribution in [3.63, 3.8) is 0 Å². The van der Waals surface area contributed by atoms with E-state index in [1.165, 1.54) is 3.57 Å². The zero-order chi connectivity index (χ0) is 13.9. The number of thiazole rings is 1. The van der Waals surface area contributed by atoms with Crippen LogP contribution >= 0.6 is 33.9 Å². The topological polar surface area (TPSA) is 34.1 Å². The molecular formula is C15H13IN2OS. The molecule has 0 atom stereocenters. The third-order valence-corrected chi connectivity index (χ3v) is 4.35. The van der Waals surface area contributed by atoms with E-state index in [1.807, 2.05) is 37.3 Å². The Morgan fingerprint density at radius 1 is 1.25 bits per heavy atom. The van der Waals surface area contributed by atoms with Crippen LogP contribution in [0.5, 0.6) is 5.75 Å². The van der Waals surface area contributed by atoms with Gasteiger partial charge >= 0.3 is 0 Å². The number of ether oxygens (including phenoxy) is 1. The summed E-state index contributed by atoms with van der Waals surface area (Å²) in [5.74, 6) is 0.893. The number of benzene rings is 2. The number of nitrogens with zero attached hydrogens (tertiary/aromatic N) is 1. The molecule has 0 radical (unpaired) electrons. The van der Waals surface area contributed by atoms with Crippen molar-refractivity contribution in [1.82, 2.24) is 4.98 Å². The number of rotatable bonds is 4. The molecule has 3 rings (SSSR count). The Balaban J connectivity index is 1.89. The van der Waals surface area contributed by atoms with E-state index in [9.17, 15) is 0 Å². The van der Waals surface area contributed by atoms with Crippen LogP contribution in [-0.2, 0) is 0 Å². The number of fused-ring (bicyclic) bond motifs is 1. The standard InChI is InChI=1S/C15H13IN2OS/c1-2-19-12-6-7-13-14(9-12)20-15(18-13)17-11-5-3-4-10(16)8-11/h3-9H,2H2,1H3,(H,17,18). The number of hydrogen-bond acceptors (Lipinski definition) is 4. The molecule has 1 N–H and O–H groups in total. The van der Waals surface area contributed by atoms with Gasteiger partial charge < -0.3 is 10.1 Å². The van der Waals surface area contributed by atoms with E-state index < -0.39 is 0 Å². The molecule has 3 aromatic rings. The van der Waals surface area contributed by atoms with Gasteiger partial charge in [-0.15, -0.1) is 0 Å². The van der Waals surface area contributed by atoms with Crippen LogP contribution in [0.1, 0.15) is 6.92 Å². The lowest BCUT2D eigenvalue weighted by Gasteiger charge is -2.01. The summed E-state index contributed by atoms with van der Waals surface area (Å²) in [6, 6.07) is 14.2. The van der Waals surface area contributed by atoms with Crippen LogP contribution in [0.3, 0.4) is 0 Å². The Hall–Kier alpha value is -1.34. The molecule has 0 spiro atoms. The molecule has 3 nitrogen and oxygen atoms in total. The largest absolute Gasteiger partial charge is 0.494 e. The molecule has 0 saturated heterocycles. The van der Waals surface area contributed by atoms with E-state index in [0.717, 1.165) is 26.8 Å². The van der Waals surface area contributed by atoms with Crippen molar-refractivity contribution in [2.24, 2.45) is 0 Å². The molecule has 0 saturated carbocycles. The number of aromatic nitrogens is 1. The van der Waals surface area contributed by atoms with Crippen LogP contribution in [0.4, 0.5) is 10.8 Å². The molecule has 1 heterocycles. The molecule has 0 aliphatic carbocycles. The van der Waals surface area contributed by atoms with Gasteiger partial charge in [0.25, 0.3) is 0 Å². The molecule has 0 bridgehead atoms. The quantitative estimate of drug-likeness (QED) is 0.628. The lowest BCUT2D eigenvalue weighted by molar-refractivity contribution is 0.341. The molecule has 5 heteroatoms. The fraction of sp³-hybridized carbons (Fsp3) is 0.133. The summed E-state index contributed by atoms with van der Waals surface area (Å²) < 4.78 is 7.84. The molecular weight excluding hydrogens is 383 g/mol. The van der Waals surface area contributed by atoms with Crippen LogP contribution in [0.15, 0.2) is 42.5 Å². The average molecular weight is 396 g/mol. The maximum atomic E-state index is 5.51. The minimum absolute atomic E-state index is 0.678. The van der Waals surface area contributed by atoms with Crippen LogP contribution in [0.2, 0.25) is 0 Å². The van der Waals surface area contributed by atoms with E-state index in [0.29, 0.717) is 6.61 Å². The molecule has 0 unspecified atom stereocenters. The fourth-order valence-electron chi connectivity index (χ4n) is 1.90. The van der Waals surface area contributed by atoms with Crippen LogP contribution in [0.25, 0.3) is 10.2 Å². The van der Waals surface area contributed by atoms with Gasteiger partial charge in [0.05, 0.1) is 16.8 Å². The van der Waals surface area contributed by atoms with Crippen molar-refractivity contribution in [2.75, 3.05) is 11.9 Å². The van der Waals surface area contributed by atoms with Crippen LogP contribution in [-0.4, -0.2) is 11.6 Å². The van der Waals surface area contributed by atoms with Crippen molar-refractivity contribution in [3.8, 4) is 5.75 Å². The highest BCUT2D eigenvalue weighted by Gasteiger charge is 2.05. The number of nitrogens with one attached hydrogen (secondary N) is 1. The summed E-state index contributed by atoms with van der Waals surface area (Å²) in [6.07, 6.45) is 0. The Kier molecular flexibility index (Phi) is 4.07. The van der Waals surface area contributed by atoms with Crippen LogP contribution in [0, 0.1) is 3.57 Å².